The Morgan fingerprint density at radius 2 is 1.37 bits per heavy atom. The Bertz CT molecular complexity index is 1210. The normalized spacial score (nSPS) is 12.0. The number of aryl methyl sites for hydroxylation is 1. The second-order valence-corrected chi connectivity index (χ2v) is 9.91. The first kappa shape index (κ1) is 26.1. The highest BCUT2D eigenvalue weighted by Gasteiger charge is 2.27. The van der Waals surface area contributed by atoms with E-state index in [4.69, 9.17) is 9.47 Å². The van der Waals surface area contributed by atoms with Crippen LogP contribution in [0.2, 0.25) is 0 Å². The largest absolute Gasteiger partial charge is 0.494 e. The van der Waals surface area contributed by atoms with Gasteiger partial charge in [0.2, 0.25) is 5.91 Å². The van der Waals surface area contributed by atoms with Crippen LogP contribution in [-0.4, -0.2) is 34.1 Å². The van der Waals surface area contributed by atoms with E-state index >= 15 is 0 Å². The average molecular weight is 497 g/mol. The van der Waals surface area contributed by atoms with Crippen LogP contribution in [0.1, 0.15) is 37.9 Å². The molecule has 35 heavy (non-hydrogen) atoms. The molecule has 3 aromatic carbocycles. The molecule has 0 aliphatic carbocycles. The summed E-state index contributed by atoms with van der Waals surface area (Å²) >= 11 is 0. The molecule has 0 radical (unpaired) electrons. The van der Waals surface area contributed by atoms with Gasteiger partial charge in [0.05, 0.1) is 29.8 Å². The van der Waals surface area contributed by atoms with Crippen molar-refractivity contribution in [1.29, 1.82) is 0 Å². The van der Waals surface area contributed by atoms with Crippen molar-refractivity contribution in [3.8, 4) is 11.5 Å². The van der Waals surface area contributed by atoms with Crippen molar-refractivity contribution in [3.63, 3.8) is 0 Å². The number of nitrogens with one attached hydrogen (secondary N) is 1. The topological polar surface area (TPSA) is 84.9 Å². The summed E-state index contributed by atoms with van der Waals surface area (Å²) in [5.41, 5.74) is 2.20. The van der Waals surface area contributed by atoms with Crippen LogP contribution < -0.4 is 19.1 Å². The minimum atomic E-state index is -3.99. The highest BCUT2D eigenvalue weighted by atomic mass is 32.2. The molecular weight excluding hydrogens is 464 g/mol. The highest BCUT2D eigenvalue weighted by Crippen LogP contribution is 2.26. The lowest BCUT2D eigenvalue weighted by Gasteiger charge is -2.25. The number of carbonyl (C=O) groups excluding carboxylic acids is 1. The molecule has 0 unspecified atom stereocenters. The average Bonchev–Trinajstić information content (AvgIpc) is 2.84. The third-order valence-electron chi connectivity index (χ3n) is 5.40. The molecule has 0 heterocycles. The van der Waals surface area contributed by atoms with Gasteiger partial charge in [0, 0.05) is 0 Å². The Kier molecular flexibility index (Phi) is 8.76. The molecule has 0 spiro atoms. The van der Waals surface area contributed by atoms with Gasteiger partial charge in [0.15, 0.2) is 0 Å². The second kappa shape index (κ2) is 11.8. The molecule has 1 amide bonds. The number of sulfonamides is 1. The number of nitrogens with zero attached hydrogens (tertiary/aromatic N) is 1. The van der Waals surface area contributed by atoms with Gasteiger partial charge in [-0.15, -0.1) is 0 Å². The van der Waals surface area contributed by atoms with Gasteiger partial charge in [-0.25, -0.2) is 8.42 Å². The number of hydrogen-bond acceptors (Lipinski definition) is 5. The lowest BCUT2D eigenvalue weighted by molar-refractivity contribution is -0.120. The van der Waals surface area contributed by atoms with E-state index in [1.807, 2.05) is 52.0 Å². The molecule has 8 heteroatoms. The number of amides is 1. The molecule has 1 atom stereocenters. The zero-order chi connectivity index (χ0) is 25.4. The molecule has 0 bridgehead atoms. The zero-order valence-electron chi connectivity index (χ0n) is 20.5. The summed E-state index contributed by atoms with van der Waals surface area (Å²) in [7, 11) is -3.99. The molecule has 1 N–H and O–H groups in total. The first-order chi connectivity index (χ1) is 16.7. The first-order valence-corrected chi connectivity index (χ1v) is 13.0. The van der Waals surface area contributed by atoms with Crippen molar-refractivity contribution in [3.05, 3.63) is 83.9 Å². The zero-order valence-corrected chi connectivity index (χ0v) is 21.3. The van der Waals surface area contributed by atoms with Gasteiger partial charge in [-0.2, -0.15) is 0 Å². The summed E-state index contributed by atoms with van der Waals surface area (Å²) in [4.78, 5) is 13.1. The summed E-state index contributed by atoms with van der Waals surface area (Å²) in [5, 5.41) is 2.90. The van der Waals surface area contributed by atoms with Gasteiger partial charge in [0.25, 0.3) is 10.0 Å². The van der Waals surface area contributed by atoms with Crippen molar-refractivity contribution in [2.75, 3.05) is 24.1 Å². The van der Waals surface area contributed by atoms with Crippen molar-refractivity contribution >= 4 is 21.6 Å². The molecule has 0 aromatic heterocycles. The molecule has 186 valence electrons. The Morgan fingerprint density at radius 1 is 0.857 bits per heavy atom. The predicted octanol–water partition coefficient (Wildman–Crippen LogP) is 4.87. The first-order valence-electron chi connectivity index (χ1n) is 11.6. The number of benzene rings is 3. The molecule has 0 aliphatic rings. The standard InChI is InChI=1S/C27H32N2O5S/c1-5-33-24-13-9-22(10-14-24)21(4)28-27(30)19-29(23-11-15-25(16-12-23)34-6-2)35(31,32)26-17-7-20(3)8-18-26/h7-18,21H,5-6,19H2,1-4H3,(H,28,30)/t21-/m1/s1. The maximum Gasteiger partial charge on any atom is 0.264 e. The van der Waals surface area contributed by atoms with Gasteiger partial charge in [0.1, 0.15) is 18.0 Å². The quantitative estimate of drug-likeness (QED) is 0.410. The van der Waals surface area contributed by atoms with Crippen molar-refractivity contribution in [2.45, 2.75) is 38.6 Å². The summed E-state index contributed by atoms with van der Waals surface area (Å²) in [6, 6.07) is 20.3. The van der Waals surface area contributed by atoms with Gasteiger partial charge in [-0.3, -0.25) is 9.10 Å². The van der Waals surface area contributed by atoms with Crippen LogP contribution in [0, 0.1) is 6.92 Å². The van der Waals surface area contributed by atoms with E-state index in [1.165, 1.54) is 0 Å². The summed E-state index contributed by atoms with van der Waals surface area (Å²) in [5.74, 6) is 0.953. The Labute approximate surface area is 207 Å². The van der Waals surface area contributed by atoms with E-state index in [0.717, 1.165) is 21.2 Å². The molecule has 0 saturated carbocycles. The number of anilines is 1. The molecule has 7 nitrogen and oxygen atoms in total. The second-order valence-electron chi connectivity index (χ2n) is 8.04. The number of carbonyl (C=O) groups is 1. The number of rotatable bonds is 11. The van der Waals surface area contributed by atoms with Crippen LogP contribution in [0.25, 0.3) is 0 Å². The van der Waals surface area contributed by atoms with E-state index in [0.29, 0.717) is 24.7 Å². The molecule has 0 fully saturated rings. The van der Waals surface area contributed by atoms with E-state index in [-0.39, 0.29) is 17.5 Å². The fourth-order valence-corrected chi connectivity index (χ4v) is 4.97. The Hall–Kier alpha value is -3.52. The lowest BCUT2D eigenvalue weighted by Crippen LogP contribution is -2.41. The fraction of sp³-hybridized carbons (Fsp3) is 0.296. The van der Waals surface area contributed by atoms with Crippen LogP contribution in [-0.2, 0) is 14.8 Å². The highest BCUT2D eigenvalue weighted by molar-refractivity contribution is 7.92. The maximum atomic E-state index is 13.5. The molecule has 3 rings (SSSR count). The van der Waals surface area contributed by atoms with Crippen LogP contribution in [0.5, 0.6) is 11.5 Å². The van der Waals surface area contributed by atoms with Crippen molar-refractivity contribution in [2.24, 2.45) is 0 Å². The van der Waals surface area contributed by atoms with Crippen LogP contribution in [0.4, 0.5) is 5.69 Å². The van der Waals surface area contributed by atoms with E-state index in [9.17, 15) is 13.2 Å². The smallest absolute Gasteiger partial charge is 0.264 e. The lowest BCUT2D eigenvalue weighted by atomic mass is 10.1. The summed E-state index contributed by atoms with van der Waals surface area (Å²) < 4.78 is 39.1. The fourth-order valence-electron chi connectivity index (χ4n) is 3.55. The van der Waals surface area contributed by atoms with Crippen molar-refractivity contribution in [1.82, 2.24) is 5.32 Å². The van der Waals surface area contributed by atoms with Crippen LogP contribution in [0.3, 0.4) is 0 Å². The van der Waals surface area contributed by atoms with Gasteiger partial charge >= 0.3 is 0 Å². The minimum absolute atomic E-state index is 0.115. The predicted molar refractivity (Wildman–Crippen MR) is 137 cm³/mol. The third-order valence-corrected chi connectivity index (χ3v) is 7.19. The minimum Gasteiger partial charge on any atom is -0.494 e. The molecule has 0 aliphatic heterocycles. The van der Waals surface area contributed by atoms with Gasteiger partial charge in [-0.1, -0.05) is 29.8 Å². The monoisotopic (exact) mass is 496 g/mol. The summed E-state index contributed by atoms with van der Waals surface area (Å²) in [6.45, 7) is 8.22. The SMILES string of the molecule is CCOc1ccc([C@@H](C)NC(=O)CN(c2ccc(OCC)cc2)S(=O)(=O)c2ccc(C)cc2)cc1. The number of hydrogen-bond donors (Lipinski definition) is 1. The molecular formula is C27H32N2O5S. The van der Waals surface area contributed by atoms with Crippen LogP contribution in [0.15, 0.2) is 77.7 Å². The maximum absolute atomic E-state index is 13.5. The van der Waals surface area contributed by atoms with Crippen molar-refractivity contribution < 1.29 is 22.7 Å². The Balaban J connectivity index is 1.84. The van der Waals surface area contributed by atoms with Gasteiger partial charge in [-0.05, 0) is 81.8 Å². The molecule has 0 saturated heterocycles. The van der Waals surface area contributed by atoms with Crippen LogP contribution >= 0.6 is 0 Å². The summed E-state index contributed by atoms with van der Waals surface area (Å²) in [6.07, 6.45) is 0. The van der Waals surface area contributed by atoms with Gasteiger partial charge < -0.3 is 14.8 Å². The van der Waals surface area contributed by atoms with E-state index in [1.54, 1.807) is 48.5 Å². The Morgan fingerprint density at radius 3 is 1.89 bits per heavy atom. The van der Waals surface area contributed by atoms with E-state index < -0.39 is 15.9 Å². The molecule has 3 aromatic rings. The van der Waals surface area contributed by atoms with E-state index in [2.05, 4.69) is 5.32 Å². The number of ether oxygens (including phenoxy) is 2. The third kappa shape index (κ3) is 6.76.